The molecular formula is C12H15FN2O2. The van der Waals surface area contributed by atoms with Crippen LogP contribution < -0.4 is 11.1 Å². The van der Waals surface area contributed by atoms with Crippen molar-refractivity contribution in [2.75, 3.05) is 18.9 Å². The van der Waals surface area contributed by atoms with Gasteiger partial charge in [0.05, 0.1) is 23.4 Å². The van der Waals surface area contributed by atoms with Gasteiger partial charge in [-0.1, -0.05) is 6.07 Å². The number of carbonyl (C=O) groups excluding carboxylic acids is 1. The number of rotatable bonds is 2. The van der Waals surface area contributed by atoms with Gasteiger partial charge in [-0.2, -0.15) is 0 Å². The summed E-state index contributed by atoms with van der Waals surface area (Å²) < 4.78 is 18.4. The normalized spacial score (nSPS) is 23.6. The molecule has 0 bridgehead atoms. The van der Waals surface area contributed by atoms with E-state index in [9.17, 15) is 9.18 Å². The molecule has 0 aliphatic carbocycles. The molecule has 1 unspecified atom stereocenters. The van der Waals surface area contributed by atoms with Crippen molar-refractivity contribution in [1.82, 2.24) is 5.32 Å². The van der Waals surface area contributed by atoms with Gasteiger partial charge in [0.1, 0.15) is 5.82 Å². The Kier molecular flexibility index (Phi) is 3.02. The Labute approximate surface area is 98.9 Å². The third-order valence-electron chi connectivity index (χ3n) is 2.93. The highest BCUT2D eigenvalue weighted by molar-refractivity contribution is 5.99. The molecule has 1 heterocycles. The number of amides is 1. The lowest BCUT2D eigenvalue weighted by Gasteiger charge is -2.23. The number of benzene rings is 1. The lowest BCUT2D eigenvalue weighted by atomic mass is 10.0. The summed E-state index contributed by atoms with van der Waals surface area (Å²) in [4.78, 5) is 12.0. The maximum Gasteiger partial charge on any atom is 0.253 e. The molecule has 1 atom stereocenters. The summed E-state index contributed by atoms with van der Waals surface area (Å²) in [6.07, 6.45) is 0.744. The highest BCUT2D eigenvalue weighted by atomic mass is 19.1. The van der Waals surface area contributed by atoms with E-state index in [-0.39, 0.29) is 17.2 Å². The summed E-state index contributed by atoms with van der Waals surface area (Å²) in [5, 5.41) is 2.83. The zero-order valence-corrected chi connectivity index (χ0v) is 9.63. The second-order valence-corrected chi connectivity index (χ2v) is 4.52. The van der Waals surface area contributed by atoms with Gasteiger partial charge in [-0.05, 0) is 25.5 Å². The number of nitrogens with one attached hydrogen (secondary N) is 1. The predicted octanol–water partition coefficient (Wildman–Crippen LogP) is 1.32. The van der Waals surface area contributed by atoms with E-state index in [1.165, 1.54) is 18.2 Å². The van der Waals surface area contributed by atoms with Gasteiger partial charge in [0.15, 0.2) is 0 Å². The van der Waals surface area contributed by atoms with Crippen molar-refractivity contribution in [3.05, 3.63) is 29.6 Å². The molecule has 0 radical (unpaired) electrons. The number of nitrogen functional groups attached to an aromatic ring is 1. The number of ether oxygens (including phenoxy) is 1. The van der Waals surface area contributed by atoms with E-state index in [0.29, 0.717) is 13.2 Å². The van der Waals surface area contributed by atoms with E-state index in [2.05, 4.69) is 5.32 Å². The Bertz CT molecular complexity index is 442. The minimum Gasteiger partial charge on any atom is -0.396 e. The molecule has 4 nitrogen and oxygen atoms in total. The fourth-order valence-corrected chi connectivity index (χ4v) is 1.84. The Hall–Kier alpha value is -1.62. The lowest BCUT2D eigenvalue weighted by Crippen LogP contribution is -2.46. The minimum atomic E-state index is -0.578. The highest BCUT2D eigenvalue weighted by Crippen LogP contribution is 2.20. The molecule has 0 spiro atoms. The fourth-order valence-electron chi connectivity index (χ4n) is 1.84. The van der Waals surface area contributed by atoms with Crippen molar-refractivity contribution in [3.63, 3.8) is 0 Å². The van der Waals surface area contributed by atoms with Crippen LogP contribution in [0.3, 0.4) is 0 Å². The van der Waals surface area contributed by atoms with Gasteiger partial charge in [0.2, 0.25) is 0 Å². The molecule has 1 aromatic rings. The molecule has 1 fully saturated rings. The Balaban J connectivity index is 2.17. The summed E-state index contributed by atoms with van der Waals surface area (Å²) in [6.45, 7) is 2.98. The maximum atomic E-state index is 13.2. The van der Waals surface area contributed by atoms with E-state index in [1.54, 1.807) is 0 Å². The second kappa shape index (κ2) is 4.33. The number of anilines is 1. The minimum absolute atomic E-state index is 0.118. The van der Waals surface area contributed by atoms with Crippen molar-refractivity contribution in [3.8, 4) is 0 Å². The molecule has 92 valence electrons. The van der Waals surface area contributed by atoms with Crippen LogP contribution in [0.5, 0.6) is 0 Å². The zero-order chi connectivity index (χ0) is 12.5. The van der Waals surface area contributed by atoms with Gasteiger partial charge in [-0.25, -0.2) is 4.39 Å². The van der Waals surface area contributed by atoms with Gasteiger partial charge in [-0.3, -0.25) is 4.79 Å². The van der Waals surface area contributed by atoms with E-state index < -0.39 is 11.4 Å². The third kappa shape index (κ3) is 2.39. The van der Waals surface area contributed by atoms with Crippen LogP contribution in [0.1, 0.15) is 23.7 Å². The van der Waals surface area contributed by atoms with E-state index in [0.717, 1.165) is 6.42 Å². The Morgan fingerprint density at radius 1 is 1.59 bits per heavy atom. The zero-order valence-electron chi connectivity index (χ0n) is 9.63. The Morgan fingerprint density at radius 3 is 3.00 bits per heavy atom. The van der Waals surface area contributed by atoms with Gasteiger partial charge < -0.3 is 15.8 Å². The lowest BCUT2D eigenvalue weighted by molar-refractivity contribution is 0.0890. The summed E-state index contributed by atoms with van der Waals surface area (Å²) in [7, 11) is 0. The predicted molar refractivity (Wildman–Crippen MR) is 62.1 cm³/mol. The molecule has 0 aromatic heterocycles. The third-order valence-corrected chi connectivity index (χ3v) is 2.93. The number of nitrogens with two attached hydrogens (primary N) is 1. The highest BCUT2D eigenvalue weighted by Gasteiger charge is 2.32. The molecule has 0 saturated carbocycles. The summed E-state index contributed by atoms with van der Waals surface area (Å²) in [6, 6.07) is 4.20. The summed E-state index contributed by atoms with van der Waals surface area (Å²) in [5.74, 6) is -0.944. The molecule has 1 amide bonds. The average molecular weight is 238 g/mol. The SMILES string of the molecule is CC1(NC(=O)c2cccc(F)c2N)CCOC1. The van der Waals surface area contributed by atoms with Crippen molar-refractivity contribution in [2.45, 2.75) is 18.9 Å². The van der Waals surface area contributed by atoms with E-state index >= 15 is 0 Å². The van der Waals surface area contributed by atoms with Crippen LogP contribution in [0.4, 0.5) is 10.1 Å². The van der Waals surface area contributed by atoms with Crippen LogP contribution in [0.2, 0.25) is 0 Å². The smallest absolute Gasteiger partial charge is 0.253 e. The standard InChI is InChI=1S/C12H15FN2O2/c1-12(5-6-17-7-12)15-11(16)8-3-2-4-9(13)10(8)14/h2-4H,5-7,14H2,1H3,(H,15,16). The van der Waals surface area contributed by atoms with Crippen molar-refractivity contribution in [1.29, 1.82) is 0 Å². The maximum absolute atomic E-state index is 13.2. The number of para-hydroxylation sites is 1. The molecule has 1 aromatic carbocycles. The molecule has 1 saturated heterocycles. The monoisotopic (exact) mass is 238 g/mol. The van der Waals surface area contributed by atoms with Crippen molar-refractivity contribution in [2.24, 2.45) is 0 Å². The molecule has 17 heavy (non-hydrogen) atoms. The fraction of sp³-hybridized carbons (Fsp3) is 0.417. The van der Waals surface area contributed by atoms with Crippen LogP contribution in [-0.4, -0.2) is 24.7 Å². The Morgan fingerprint density at radius 2 is 2.35 bits per heavy atom. The van der Waals surface area contributed by atoms with Crippen LogP contribution in [0.15, 0.2) is 18.2 Å². The van der Waals surface area contributed by atoms with Gasteiger partial charge >= 0.3 is 0 Å². The quantitative estimate of drug-likeness (QED) is 0.764. The number of halogens is 1. The van der Waals surface area contributed by atoms with Crippen LogP contribution in [0, 0.1) is 5.82 Å². The van der Waals surface area contributed by atoms with Crippen molar-refractivity contribution < 1.29 is 13.9 Å². The van der Waals surface area contributed by atoms with Crippen molar-refractivity contribution >= 4 is 11.6 Å². The average Bonchev–Trinajstić information content (AvgIpc) is 2.68. The first-order valence-corrected chi connectivity index (χ1v) is 5.46. The van der Waals surface area contributed by atoms with Crippen LogP contribution in [0.25, 0.3) is 0 Å². The van der Waals surface area contributed by atoms with Gasteiger partial charge in [0, 0.05) is 6.61 Å². The largest absolute Gasteiger partial charge is 0.396 e. The summed E-state index contributed by atoms with van der Waals surface area (Å²) in [5.41, 5.74) is 5.19. The van der Waals surface area contributed by atoms with E-state index in [4.69, 9.17) is 10.5 Å². The molecular weight excluding hydrogens is 223 g/mol. The second-order valence-electron chi connectivity index (χ2n) is 4.52. The topological polar surface area (TPSA) is 64.4 Å². The first-order valence-electron chi connectivity index (χ1n) is 5.46. The molecule has 1 aliphatic rings. The van der Waals surface area contributed by atoms with Gasteiger partial charge in [0.25, 0.3) is 5.91 Å². The molecule has 1 aliphatic heterocycles. The van der Waals surface area contributed by atoms with E-state index in [1.807, 2.05) is 6.92 Å². The number of hydrogen-bond donors (Lipinski definition) is 2. The molecule has 2 rings (SSSR count). The first kappa shape index (κ1) is 11.9. The van der Waals surface area contributed by atoms with Crippen LogP contribution >= 0.6 is 0 Å². The first-order chi connectivity index (χ1) is 8.02. The number of carbonyl (C=O) groups is 1. The number of hydrogen-bond acceptors (Lipinski definition) is 3. The van der Waals surface area contributed by atoms with Gasteiger partial charge in [-0.15, -0.1) is 0 Å². The molecule has 3 N–H and O–H groups in total. The molecule has 5 heteroatoms. The summed E-state index contributed by atoms with van der Waals surface area (Å²) >= 11 is 0. The van der Waals surface area contributed by atoms with Crippen LogP contribution in [-0.2, 0) is 4.74 Å².